The maximum absolute atomic E-state index is 13.4. The topological polar surface area (TPSA) is 42.1 Å². The number of carbonyl (C=O) groups is 1. The zero-order chi connectivity index (χ0) is 18.4. The van der Waals surface area contributed by atoms with Crippen molar-refractivity contribution in [3.8, 4) is 5.75 Å². The number of carbonyl (C=O) groups excluding carboxylic acids is 1. The first kappa shape index (κ1) is 18.0. The van der Waals surface area contributed by atoms with Gasteiger partial charge < -0.3 is 9.72 Å². The fourth-order valence-electron chi connectivity index (χ4n) is 5.71. The average molecular weight is 341 g/mol. The SMILES string of the molecule is CCC1CC(C(=O)c2cc3c(OC)cccc3[nH]2)C1(C(C)C)C(C)C. The summed E-state index contributed by atoms with van der Waals surface area (Å²) in [5.74, 6) is 2.83. The molecule has 3 heteroatoms. The summed E-state index contributed by atoms with van der Waals surface area (Å²) in [6, 6.07) is 7.87. The lowest BCUT2D eigenvalue weighted by molar-refractivity contribution is -0.112. The molecule has 0 radical (unpaired) electrons. The van der Waals surface area contributed by atoms with E-state index in [0.717, 1.165) is 35.2 Å². The first-order valence-electron chi connectivity index (χ1n) is 9.57. The van der Waals surface area contributed by atoms with Gasteiger partial charge in [0.05, 0.1) is 12.8 Å². The molecule has 0 amide bonds. The predicted molar refractivity (Wildman–Crippen MR) is 103 cm³/mol. The van der Waals surface area contributed by atoms with E-state index >= 15 is 0 Å². The molecule has 0 aliphatic heterocycles. The molecule has 0 saturated heterocycles. The Bertz CT molecular complexity index is 763. The molecule has 1 aliphatic rings. The predicted octanol–water partition coefficient (Wildman–Crippen LogP) is 5.70. The lowest BCUT2D eigenvalue weighted by Crippen LogP contribution is -2.58. The van der Waals surface area contributed by atoms with E-state index in [1.54, 1.807) is 7.11 Å². The molecule has 2 atom stereocenters. The number of benzene rings is 1. The smallest absolute Gasteiger partial charge is 0.182 e. The van der Waals surface area contributed by atoms with Gasteiger partial charge in [0, 0.05) is 16.8 Å². The van der Waals surface area contributed by atoms with Crippen molar-refractivity contribution in [1.82, 2.24) is 4.98 Å². The van der Waals surface area contributed by atoms with Crippen molar-refractivity contribution in [2.45, 2.75) is 47.5 Å². The van der Waals surface area contributed by atoms with Crippen LogP contribution in [0.25, 0.3) is 10.9 Å². The summed E-state index contributed by atoms with van der Waals surface area (Å²) in [6.07, 6.45) is 2.17. The first-order valence-corrected chi connectivity index (χ1v) is 9.57. The Morgan fingerprint density at radius 3 is 2.52 bits per heavy atom. The molecule has 2 unspecified atom stereocenters. The number of methoxy groups -OCH3 is 1. The molecule has 3 nitrogen and oxygen atoms in total. The molecule has 3 rings (SSSR count). The van der Waals surface area contributed by atoms with Crippen LogP contribution in [0.4, 0.5) is 0 Å². The van der Waals surface area contributed by atoms with Crippen LogP contribution in [0.3, 0.4) is 0 Å². The molecule has 25 heavy (non-hydrogen) atoms. The summed E-state index contributed by atoms with van der Waals surface area (Å²) >= 11 is 0. The summed E-state index contributed by atoms with van der Waals surface area (Å²) in [7, 11) is 1.67. The quantitative estimate of drug-likeness (QED) is 0.684. The van der Waals surface area contributed by atoms with Gasteiger partial charge in [-0.05, 0) is 47.8 Å². The van der Waals surface area contributed by atoms with E-state index in [0.29, 0.717) is 17.8 Å². The Hall–Kier alpha value is -1.77. The molecular weight excluding hydrogens is 310 g/mol. The van der Waals surface area contributed by atoms with Crippen LogP contribution in [-0.2, 0) is 0 Å². The fourth-order valence-corrected chi connectivity index (χ4v) is 5.71. The molecule has 1 saturated carbocycles. The molecular formula is C22H31NO2. The van der Waals surface area contributed by atoms with Gasteiger partial charge in [-0.3, -0.25) is 4.79 Å². The minimum Gasteiger partial charge on any atom is -0.496 e. The van der Waals surface area contributed by atoms with E-state index in [2.05, 4.69) is 39.6 Å². The van der Waals surface area contributed by atoms with Crippen LogP contribution in [-0.4, -0.2) is 17.9 Å². The second kappa shape index (κ2) is 6.51. The highest BCUT2D eigenvalue weighted by molar-refractivity contribution is 6.02. The average Bonchev–Trinajstić information content (AvgIpc) is 2.97. The van der Waals surface area contributed by atoms with Gasteiger partial charge in [-0.1, -0.05) is 47.1 Å². The summed E-state index contributed by atoms with van der Waals surface area (Å²) in [6.45, 7) is 11.4. The number of H-pyrrole nitrogens is 1. The number of rotatable bonds is 6. The Balaban J connectivity index is 2.00. The van der Waals surface area contributed by atoms with Gasteiger partial charge in [-0.15, -0.1) is 0 Å². The number of aromatic amines is 1. The fraction of sp³-hybridized carbons (Fsp3) is 0.591. The number of fused-ring (bicyclic) bond motifs is 1. The lowest BCUT2D eigenvalue weighted by Gasteiger charge is -2.61. The van der Waals surface area contributed by atoms with E-state index in [9.17, 15) is 4.79 Å². The van der Waals surface area contributed by atoms with Gasteiger partial charge in [0.15, 0.2) is 5.78 Å². The summed E-state index contributed by atoms with van der Waals surface area (Å²) < 4.78 is 5.44. The van der Waals surface area contributed by atoms with Crippen LogP contribution < -0.4 is 4.74 Å². The molecule has 1 N–H and O–H groups in total. The standard InChI is InChI=1S/C22H31NO2/c1-7-15-11-17(22(15,13(2)3)14(4)5)21(24)19-12-16-18(23-19)9-8-10-20(16)25-6/h8-10,12-15,17,23H,7,11H2,1-6H3. The van der Waals surface area contributed by atoms with E-state index < -0.39 is 0 Å². The molecule has 1 heterocycles. The zero-order valence-corrected chi connectivity index (χ0v) is 16.3. The van der Waals surface area contributed by atoms with Crippen LogP contribution in [0.2, 0.25) is 0 Å². The van der Waals surface area contributed by atoms with Crippen LogP contribution in [0, 0.1) is 29.1 Å². The maximum atomic E-state index is 13.4. The third-order valence-electron chi connectivity index (χ3n) is 6.75. The van der Waals surface area contributed by atoms with Gasteiger partial charge in [-0.2, -0.15) is 0 Å². The van der Waals surface area contributed by atoms with Crippen LogP contribution in [0.5, 0.6) is 5.75 Å². The minimum atomic E-state index is 0.104. The number of ether oxygens (including phenoxy) is 1. The van der Waals surface area contributed by atoms with Gasteiger partial charge in [-0.25, -0.2) is 0 Å². The van der Waals surface area contributed by atoms with Crippen molar-refractivity contribution in [3.05, 3.63) is 30.0 Å². The second-order valence-corrected chi connectivity index (χ2v) is 8.17. The molecule has 1 aromatic heterocycles. The molecule has 2 aromatic rings. The number of aromatic nitrogens is 1. The Morgan fingerprint density at radius 2 is 1.96 bits per heavy atom. The van der Waals surface area contributed by atoms with Crippen LogP contribution in [0.15, 0.2) is 24.3 Å². The number of hydrogen-bond donors (Lipinski definition) is 1. The van der Waals surface area contributed by atoms with Crippen molar-refractivity contribution in [2.24, 2.45) is 29.1 Å². The second-order valence-electron chi connectivity index (χ2n) is 8.17. The normalized spacial score (nSPS) is 22.4. The summed E-state index contributed by atoms with van der Waals surface area (Å²) in [4.78, 5) is 16.7. The number of nitrogens with one attached hydrogen (secondary N) is 1. The van der Waals surface area contributed by atoms with Crippen LogP contribution in [0.1, 0.15) is 57.9 Å². The molecule has 136 valence electrons. The van der Waals surface area contributed by atoms with Gasteiger partial charge >= 0.3 is 0 Å². The highest BCUT2D eigenvalue weighted by atomic mass is 16.5. The van der Waals surface area contributed by atoms with Gasteiger partial charge in [0.25, 0.3) is 0 Å². The molecule has 0 spiro atoms. The maximum Gasteiger partial charge on any atom is 0.182 e. The van der Waals surface area contributed by atoms with Crippen molar-refractivity contribution >= 4 is 16.7 Å². The number of Topliss-reactive ketones (excluding diaryl/α,β-unsaturated/α-hetero) is 1. The Labute approximate surface area is 151 Å². The molecule has 1 fully saturated rings. The molecule has 1 aliphatic carbocycles. The number of ketones is 1. The summed E-state index contributed by atoms with van der Waals surface area (Å²) in [5, 5.41) is 0.986. The lowest BCUT2D eigenvalue weighted by atomic mass is 9.42. The van der Waals surface area contributed by atoms with Crippen LogP contribution >= 0.6 is 0 Å². The van der Waals surface area contributed by atoms with E-state index in [-0.39, 0.29) is 17.1 Å². The highest BCUT2D eigenvalue weighted by Gasteiger charge is 2.59. The van der Waals surface area contributed by atoms with Gasteiger partial charge in [0.2, 0.25) is 0 Å². The van der Waals surface area contributed by atoms with Crippen molar-refractivity contribution in [1.29, 1.82) is 0 Å². The van der Waals surface area contributed by atoms with Crippen molar-refractivity contribution < 1.29 is 9.53 Å². The van der Waals surface area contributed by atoms with Gasteiger partial charge in [0.1, 0.15) is 5.75 Å². The van der Waals surface area contributed by atoms with Crippen molar-refractivity contribution in [3.63, 3.8) is 0 Å². The Kier molecular flexibility index (Phi) is 4.70. The summed E-state index contributed by atoms with van der Waals surface area (Å²) in [5.41, 5.74) is 1.80. The first-order chi connectivity index (χ1) is 11.9. The molecule has 1 aromatic carbocycles. The third-order valence-corrected chi connectivity index (χ3v) is 6.75. The van der Waals surface area contributed by atoms with E-state index in [4.69, 9.17) is 4.74 Å². The highest BCUT2D eigenvalue weighted by Crippen LogP contribution is 2.62. The van der Waals surface area contributed by atoms with E-state index in [1.165, 1.54) is 0 Å². The van der Waals surface area contributed by atoms with Crippen molar-refractivity contribution in [2.75, 3.05) is 7.11 Å². The minimum absolute atomic E-state index is 0.104. The number of hydrogen-bond acceptors (Lipinski definition) is 2. The monoisotopic (exact) mass is 341 g/mol. The third kappa shape index (κ3) is 2.51. The largest absolute Gasteiger partial charge is 0.496 e. The Morgan fingerprint density at radius 1 is 1.28 bits per heavy atom. The van der Waals surface area contributed by atoms with E-state index in [1.807, 2.05) is 24.3 Å². The molecule has 0 bridgehead atoms. The zero-order valence-electron chi connectivity index (χ0n) is 16.3.